The second-order valence-electron chi connectivity index (χ2n) is 5.39. The Morgan fingerprint density at radius 3 is 2.56 bits per heavy atom. The van der Waals surface area contributed by atoms with Gasteiger partial charge in [0.2, 0.25) is 0 Å². The van der Waals surface area contributed by atoms with Gasteiger partial charge in [0.25, 0.3) is 5.69 Å². The normalized spacial score (nSPS) is 10.3. The van der Waals surface area contributed by atoms with Gasteiger partial charge in [-0.3, -0.25) is 14.5 Å². The fourth-order valence-corrected chi connectivity index (χ4v) is 2.27. The predicted molar refractivity (Wildman–Crippen MR) is 95.4 cm³/mol. The molecule has 2 aromatic rings. The van der Waals surface area contributed by atoms with Crippen LogP contribution in [-0.2, 0) is 6.54 Å². The first-order chi connectivity index (χ1) is 12.9. The third kappa shape index (κ3) is 6.07. The molecule has 2 amide bonds. The maximum atomic E-state index is 14.2. The Labute approximate surface area is 158 Å². The second-order valence-corrected chi connectivity index (χ2v) is 5.80. The number of hydrogen-bond donors (Lipinski definition) is 2. The van der Waals surface area contributed by atoms with Gasteiger partial charge in [0.15, 0.2) is 11.6 Å². The first-order valence-electron chi connectivity index (χ1n) is 7.88. The van der Waals surface area contributed by atoms with Gasteiger partial charge in [-0.25, -0.2) is 9.18 Å². The fraction of sp³-hybridized carbons (Fsp3) is 0.235. The average Bonchev–Trinajstić information content (AvgIpc) is 2.63. The molecular formula is C17H16ClF2N3O4. The van der Waals surface area contributed by atoms with Crippen molar-refractivity contribution in [2.24, 2.45) is 0 Å². The number of rotatable bonds is 8. The summed E-state index contributed by atoms with van der Waals surface area (Å²) in [7, 11) is 0. The lowest BCUT2D eigenvalue weighted by Gasteiger charge is -2.10. The maximum absolute atomic E-state index is 14.2. The lowest BCUT2D eigenvalue weighted by molar-refractivity contribution is -0.384. The molecule has 0 aliphatic rings. The van der Waals surface area contributed by atoms with Crippen LogP contribution in [-0.4, -0.2) is 24.2 Å². The number of carbonyl (C=O) groups excluding carboxylic acids is 1. The molecule has 0 spiro atoms. The van der Waals surface area contributed by atoms with Crippen LogP contribution < -0.4 is 15.4 Å². The van der Waals surface area contributed by atoms with E-state index in [0.29, 0.717) is 5.56 Å². The van der Waals surface area contributed by atoms with Crippen LogP contribution in [0.4, 0.5) is 19.3 Å². The van der Waals surface area contributed by atoms with E-state index in [-0.39, 0.29) is 41.7 Å². The molecule has 0 aliphatic heterocycles. The number of benzene rings is 2. The SMILES string of the molecule is O=C(NCCCF)NCc1ccc(Oc2ccc([N+](=O)[O-])cc2Cl)c(F)c1. The van der Waals surface area contributed by atoms with Crippen LogP contribution >= 0.6 is 11.6 Å². The van der Waals surface area contributed by atoms with Gasteiger partial charge >= 0.3 is 6.03 Å². The molecular weight excluding hydrogens is 384 g/mol. The van der Waals surface area contributed by atoms with E-state index in [4.69, 9.17) is 16.3 Å². The van der Waals surface area contributed by atoms with Crippen molar-refractivity contribution in [1.82, 2.24) is 10.6 Å². The van der Waals surface area contributed by atoms with Gasteiger partial charge in [0.1, 0.15) is 5.75 Å². The summed E-state index contributed by atoms with van der Waals surface area (Å²) in [6.45, 7) is -0.248. The lowest BCUT2D eigenvalue weighted by Crippen LogP contribution is -2.35. The number of ether oxygens (including phenoxy) is 1. The van der Waals surface area contributed by atoms with Gasteiger partial charge in [-0.15, -0.1) is 0 Å². The van der Waals surface area contributed by atoms with Crippen LogP contribution in [0.1, 0.15) is 12.0 Å². The second kappa shape index (κ2) is 9.67. The van der Waals surface area contributed by atoms with E-state index in [9.17, 15) is 23.7 Å². The summed E-state index contributed by atoms with van der Waals surface area (Å²) >= 11 is 5.91. The molecule has 0 radical (unpaired) electrons. The number of hydrogen-bond acceptors (Lipinski definition) is 4. The topological polar surface area (TPSA) is 93.5 Å². The number of carbonyl (C=O) groups is 1. The van der Waals surface area contributed by atoms with Crippen LogP contribution in [0.3, 0.4) is 0 Å². The van der Waals surface area contributed by atoms with Gasteiger partial charge < -0.3 is 15.4 Å². The van der Waals surface area contributed by atoms with Crippen LogP contribution in [0.5, 0.6) is 11.5 Å². The van der Waals surface area contributed by atoms with Crippen LogP contribution in [0.25, 0.3) is 0 Å². The molecule has 0 heterocycles. The van der Waals surface area contributed by atoms with E-state index in [1.807, 2.05) is 0 Å². The van der Waals surface area contributed by atoms with Crippen molar-refractivity contribution in [3.8, 4) is 11.5 Å². The molecule has 0 saturated heterocycles. The third-order valence-corrected chi connectivity index (χ3v) is 3.69. The largest absolute Gasteiger partial charge is 0.453 e. The minimum atomic E-state index is -0.693. The molecule has 2 rings (SSSR count). The molecule has 0 atom stereocenters. The number of alkyl halides is 1. The number of nitrogens with zero attached hydrogens (tertiary/aromatic N) is 1. The molecule has 2 N–H and O–H groups in total. The molecule has 7 nitrogen and oxygen atoms in total. The number of nitrogens with one attached hydrogen (secondary N) is 2. The number of amides is 2. The summed E-state index contributed by atoms with van der Waals surface area (Å²) in [6, 6.07) is 7.16. The summed E-state index contributed by atoms with van der Waals surface area (Å²) in [5.74, 6) is -0.747. The van der Waals surface area contributed by atoms with Gasteiger partial charge in [-0.05, 0) is 30.2 Å². The highest BCUT2D eigenvalue weighted by molar-refractivity contribution is 6.32. The van der Waals surface area contributed by atoms with Crippen LogP contribution in [0.15, 0.2) is 36.4 Å². The average molecular weight is 400 g/mol. The fourth-order valence-electron chi connectivity index (χ4n) is 2.06. The van der Waals surface area contributed by atoms with Crippen LogP contribution in [0.2, 0.25) is 5.02 Å². The summed E-state index contributed by atoms with van der Waals surface area (Å²) in [6.07, 6.45) is 0.222. The van der Waals surface area contributed by atoms with Gasteiger partial charge in [-0.2, -0.15) is 0 Å². The van der Waals surface area contributed by atoms with E-state index in [1.165, 1.54) is 24.3 Å². The number of nitro groups is 1. The molecule has 144 valence electrons. The number of halogens is 3. The van der Waals surface area contributed by atoms with Crippen molar-refractivity contribution in [3.05, 3.63) is 62.9 Å². The Balaban J connectivity index is 1.98. The highest BCUT2D eigenvalue weighted by Gasteiger charge is 2.13. The predicted octanol–water partition coefficient (Wildman–Crippen LogP) is 4.34. The molecule has 10 heteroatoms. The molecule has 27 heavy (non-hydrogen) atoms. The molecule has 0 bridgehead atoms. The Morgan fingerprint density at radius 2 is 1.93 bits per heavy atom. The Bertz CT molecular complexity index is 836. The van der Waals surface area contributed by atoms with Crippen molar-refractivity contribution in [2.45, 2.75) is 13.0 Å². The van der Waals surface area contributed by atoms with Gasteiger partial charge in [0, 0.05) is 25.2 Å². The zero-order chi connectivity index (χ0) is 19.8. The summed E-state index contributed by atoms with van der Waals surface area (Å²) in [5, 5.41) is 15.6. The summed E-state index contributed by atoms with van der Waals surface area (Å²) in [5.41, 5.74) is 0.273. The molecule has 0 unspecified atom stereocenters. The van der Waals surface area contributed by atoms with Crippen LogP contribution in [0, 0.1) is 15.9 Å². The minimum absolute atomic E-state index is 0.0284. The quantitative estimate of drug-likeness (QED) is 0.392. The standard InChI is InChI=1S/C17H16ClF2N3O4/c18-13-9-12(23(25)26)3-5-15(13)27-16-4-2-11(8-14(16)20)10-22-17(24)21-7-1-6-19/h2-5,8-9H,1,6-7,10H2,(H2,21,22,24). The number of non-ortho nitro benzene ring substituents is 1. The van der Waals surface area contributed by atoms with Crippen molar-refractivity contribution in [1.29, 1.82) is 0 Å². The summed E-state index contributed by atoms with van der Waals surface area (Å²) in [4.78, 5) is 21.6. The zero-order valence-electron chi connectivity index (χ0n) is 14.0. The van der Waals surface area contributed by atoms with Crippen molar-refractivity contribution >= 4 is 23.3 Å². The minimum Gasteiger partial charge on any atom is -0.453 e. The molecule has 0 aliphatic carbocycles. The molecule has 0 fully saturated rings. The van der Waals surface area contributed by atoms with Gasteiger partial charge in [-0.1, -0.05) is 17.7 Å². The van der Waals surface area contributed by atoms with E-state index in [2.05, 4.69) is 10.6 Å². The van der Waals surface area contributed by atoms with Crippen molar-refractivity contribution in [2.75, 3.05) is 13.2 Å². The first kappa shape index (κ1) is 20.4. The third-order valence-electron chi connectivity index (χ3n) is 3.39. The van der Waals surface area contributed by atoms with E-state index in [1.54, 1.807) is 6.07 Å². The molecule has 2 aromatic carbocycles. The Hall–Kier alpha value is -2.94. The molecule has 0 aromatic heterocycles. The Morgan fingerprint density at radius 1 is 1.19 bits per heavy atom. The Kier molecular flexibility index (Phi) is 7.30. The van der Waals surface area contributed by atoms with E-state index in [0.717, 1.165) is 6.07 Å². The monoisotopic (exact) mass is 399 g/mol. The summed E-state index contributed by atoms with van der Waals surface area (Å²) < 4.78 is 31.5. The highest BCUT2D eigenvalue weighted by atomic mass is 35.5. The van der Waals surface area contributed by atoms with E-state index < -0.39 is 23.4 Å². The lowest BCUT2D eigenvalue weighted by atomic mass is 10.2. The maximum Gasteiger partial charge on any atom is 0.315 e. The highest BCUT2D eigenvalue weighted by Crippen LogP contribution is 2.33. The van der Waals surface area contributed by atoms with Crippen molar-refractivity contribution in [3.63, 3.8) is 0 Å². The zero-order valence-corrected chi connectivity index (χ0v) is 14.8. The van der Waals surface area contributed by atoms with Gasteiger partial charge in [0.05, 0.1) is 16.6 Å². The number of nitro benzene ring substituents is 1. The molecule has 0 saturated carbocycles. The number of urea groups is 1. The van der Waals surface area contributed by atoms with E-state index >= 15 is 0 Å². The first-order valence-corrected chi connectivity index (χ1v) is 8.26. The smallest absolute Gasteiger partial charge is 0.315 e. The van der Waals surface area contributed by atoms with Crippen molar-refractivity contribution < 1.29 is 23.2 Å².